The van der Waals surface area contributed by atoms with E-state index in [1.807, 2.05) is 24.3 Å². The number of H-pyrrole nitrogens is 2. The lowest BCUT2D eigenvalue weighted by molar-refractivity contribution is 0.102. The summed E-state index contributed by atoms with van der Waals surface area (Å²) in [4.78, 5) is 31.7. The summed E-state index contributed by atoms with van der Waals surface area (Å²) in [5.74, 6) is -0.445. The molecule has 0 spiro atoms. The van der Waals surface area contributed by atoms with Gasteiger partial charge in [0.2, 0.25) is 0 Å². The average Bonchev–Trinajstić information content (AvgIpc) is 3.20. The summed E-state index contributed by atoms with van der Waals surface area (Å²) in [6.45, 7) is 5.91. The summed E-state index contributed by atoms with van der Waals surface area (Å²) < 4.78 is 28.5. The number of aromatic nitrogens is 2. The minimum Gasteiger partial charge on any atom is -0.372 e. The monoisotopic (exact) mass is 479 g/mol. The van der Waals surface area contributed by atoms with Crippen LogP contribution in [0.15, 0.2) is 76.4 Å². The molecule has 0 unspecified atom stereocenters. The lowest BCUT2D eigenvalue weighted by atomic mass is 10.1. The van der Waals surface area contributed by atoms with Crippen LogP contribution in [0.3, 0.4) is 0 Å². The molecule has 34 heavy (non-hydrogen) atoms. The Morgan fingerprint density at radius 1 is 0.912 bits per heavy atom. The second-order valence-corrected chi connectivity index (χ2v) is 9.29. The highest BCUT2D eigenvalue weighted by Gasteiger charge is 2.19. The molecule has 9 nitrogen and oxygen atoms in total. The van der Waals surface area contributed by atoms with Crippen molar-refractivity contribution in [2.45, 2.75) is 18.7 Å². The zero-order valence-corrected chi connectivity index (χ0v) is 19.6. The standard InChI is InChI=1S/C24H25N5O4S/c1-3-29(4-2)17-11-9-16(10-12-17)25-23(30)19-7-5-6-8-20(19)28-34(32,33)18-13-14-21-22(15-18)27-24(31)26-21/h5-15,28H,3-4H2,1-2H3,(H,25,30)(H2,26,27,31). The van der Waals surface area contributed by atoms with E-state index in [1.165, 1.54) is 24.3 Å². The summed E-state index contributed by atoms with van der Waals surface area (Å²) in [5.41, 5.74) is 2.40. The van der Waals surface area contributed by atoms with Crippen LogP contribution in [0, 0.1) is 0 Å². The molecular weight excluding hydrogens is 454 g/mol. The summed E-state index contributed by atoms with van der Waals surface area (Å²) in [7, 11) is -4.02. The van der Waals surface area contributed by atoms with Crippen LogP contribution in [0.4, 0.5) is 17.1 Å². The van der Waals surface area contributed by atoms with Gasteiger partial charge in [0.1, 0.15) is 0 Å². The van der Waals surface area contributed by atoms with Gasteiger partial charge in [-0.3, -0.25) is 9.52 Å². The maximum atomic E-state index is 13.0. The number of hydrogen-bond acceptors (Lipinski definition) is 5. The van der Waals surface area contributed by atoms with Crippen molar-refractivity contribution in [1.82, 2.24) is 9.97 Å². The van der Waals surface area contributed by atoms with E-state index in [-0.39, 0.29) is 16.1 Å². The summed E-state index contributed by atoms with van der Waals surface area (Å²) in [6, 6.07) is 18.1. The van der Waals surface area contributed by atoms with E-state index in [0.29, 0.717) is 16.7 Å². The molecule has 3 aromatic carbocycles. The maximum absolute atomic E-state index is 13.0. The van der Waals surface area contributed by atoms with Gasteiger partial charge >= 0.3 is 5.69 Å². The Morgan fingerprint density at radius 2 is 1.59 bits per heavy atom. The van der Waals surface area contributed by atoms with Gasteiger partial charge < -0.3 is 20.2 Å². The Kier molecular flexibility index (Phi) is 6.42. The number of amides is 1. The van der Waals surface area contributed by atoms with Gasteiger partial charge in [-0.15, -0.1) is 0 Å². The van der Waals surface area contributed by atoms with Gasteiger partial charge in [0, 0.05) is 24.5 Å². The second kappa shape index (κ2) is 9.44. The number of anilines is 3. The molecule has 1 heterocycles. The van der Waals surface area contributed by atoms with Gasteiger partial charge in [-0.2, -0.15) is 0 Å². The minimum absolute atomic E-state index is 0.0440. The van der Waals surface area contributed by atoms with Crippen molar-refractivity contribution in [2.75, 3.05) is 28.0 Å². The van der Waals surface area contributed by atoms with E-state index in [1.54, 1.807) is 18.2 Å². The van der Waals surface area contributed by atoms with Crippen LogP contribution in [0.2, 0.25) is 0 Å². The number of aromatic amines is 2. The normalized spacial score (nSPS) is 11.4. The molecule has 0 saturated carbocycles. The van der Waals surface area contributed by atoms with Crippen molar-refractivity contribution < 1.29 is 13.2 Å². The van der Waals surface area contributed by atoms with E-state index < -0.39 is 21.6 Å². The molecule has 1 amide bonds. The number of hydrogen-bond donors (Lipinski definition) is 4. The molecule has 176 valence electrons. The van der Waals surface area contributed by atoms with Gasteiger partial charge in [-0.25, -0.2) is 13.2 Å². The first-order chi connectivity index (χ1) is 16.3. The Balaban J connectivity index is 1.56. The number of sulfonamides is 1. The van der Waals surface area contributed by atoms with E-state index in [0.717, 1.165) is 18.8 Å². The highest BCUT2D eigenvalue weighted by molar-refractivity contribution is 7.92. The molecule has 0 radical (unpaired) electrons. The third-order valence-corrected chi connectivity index (χ3v) is 6.83. The molecule has 0 fully saturated rings. The van der Waals surface area contributed by atoms with Gasteiger partial charge in [0.15, 0.2) is 0 Å². The first-order valence-corrected chi connectivity index (χ1v) is 12.3. The predicted octanol–water partition coefficient (Wildman–Crippen LogP) is 3.76. The zero-order valence-electron chi connectivity index (χ0n) is 18.8. The van der Waals surface area contributed by atoms with Crippen molar-refractivity contribution in [3.8, 4) is 0 Å². The Hall–Kier alpha value is -4.05. The lowest BCUT2D eigenvalue weighted by Crippen LogP contribution is -2.21. The van der Waals surface area contributed by atoms with E-state index in [9.17, 15) is 18.0 Å². The van der Waals surface area contributed by atoms with Crippen molar-refractivity contribution in [3.63, 3.8) is 0 Å². The second-order valence-electron chi connectivity index (χ2n) is 7.61. The average molecular weight is 480 g/mol. The molecular formula is C24H25N5O4S. The molecule has 4 rings (SSSR count). The van der Waals surface area contributed by atoms with Crippen molar-refractivity contribution in [3.05, 3.63) is 82.8 Å². The molecule has 0 aliphatic rings. The summed E-state index contributed by atoms with van der Waals surface area (Å²) in [6.07, 6.45) is 0. The largest absolute Gasteiger partial charge is 0.372 e. The molecule has 4 N–H and O–H groups in total. The number of nitrogens with zero attached hydrogens (tertiary/aromatic N) is 1. The van der Waals surface area contributed by atoms with Crippen molar-refractivity contribution in [2.24, 2.45) is 0 Å². The number of nitrogens with one attached hydrogen (secondary N) is 4. The molecule has 10 heteroatoms. The number of rotatable bonds is 8. The van der Waals surface area contributed by atoms with E-state index in [2.05, 4.69) is 38.8 Å². The van der Waals surface area contributed by atoms with Gasteiger partial charge in [0.25, 0.3) is 15.9 Å². The number of benzene rings is 3. The fraction of sp³-hybridized carbons (Fsp3) is 0.167. The first kappa shape index (κ1) is 23.1. The van der Waals surface area contributed by atoms with Gasteiger partial charge in [-0.1, -0.05) is 12.1 Å². The predicted molar refractivity (Wildman–Crippen MR) is 134 cm³/mol. The number of fused-ring (bicyclic) bond motifs is 1. The van der Waals surface area contributed by atoms with Crippen LogP contribution in [0.1, 0.15) is 24.2 Å². The van der Waals surface area contributed by atoms with Crippen LogP contribution in [-0.2, 0) is 10.0 Å². The van der Waals surface area contributed by atoms with Crippen LogP contribution in [0.5, 0.6) is 0 Å². The highest BCUT2D eigenvalue weighted by Crippen LogP contribution is 2.24. The molecule has 0 aliphatic heterocycles. The highest BCUT2D eigenvalue weighted by atomic mass is 32.2. The first-order valence-electron chi connectivity index (χ1n) is 10.8. The molecule has 4 aromatic rings. The minimum atomic E-state index is -4.02. The van der Waals surface area contributed by atoms with Crippen molar-refractivity contribution >= 4 is 44.0 Å². The number of carbonyl (C=O) groups excluding carboxylic acids is 1. The smallest absolute Gasteiger partial charge is 0.323 e. The molecule has 1 aromatic heterocycles. The molecule has 0 atom stereocenters. The number of carbonyl (C=O) groups is 1. The van der Waals surface area contributed by atoms with Gasteiger partial charge in [-0.05, 0) is 68.4 Å². The van der Waals surface area contributed by atoms with Crippen LogP contribution in [0.25, 0.3) is 11.0 Å². The quantitative estimate of drug-likeness (QED) is 0.306. The number of imidazole rings is 1. The third kappa shape index (κ3) is 4.81. The SMILES string of the molecule is CCN(CC)c1ccc(NC(=O)c2ccccc2NS(=O)(=O)c2ccc3[nH]c(=O)[nH]c3c2)cc1. The Labute approximate surface area is 196 Å². The molecule has 0 bridgehead atoms. The van der Waals surface area contributed by atoms with E-state index in [4.69, 9.17) is 0 Å². The molecule has 0 aliphatic carbocycles. The molecule has 0 saturated heterocycles. The van der Waals surface area contributed by atoms with Crippen LogP contribution >= 0.6 is 0 Å². The van der Waals surface area contributed by atoms with Crippen molar-refractivity contribution in [1.29, 1.82) is 0 Å². The summed E-state index contributed by atoms with van der Waals surface area (Å²) in [5, 5.41) is 2.82. The fourth-order valence-corrected chi connectivity index (χ4v) is 4.80. The topological polar surface area (TPSA) is 127 Å². The maximum Gasteiger partial charge on any atom is 0.323 e. The van der Waals surface area contributed by atoms with Gasteiger partial charge in [0.05, 0.1) is 27.2 Å². The third-order valence-electron chi connectivity index (χ3n) is 5.47. The zero-order chi connectivity index (χ0) is 24.3. The van der Waals surface area contributed by atoms with E-state index >= 15 is 0 Å². The van der Waals surface area contributed by atoms with Crippen LogP contribution in [-0.4, -0.2) is 37.4 Å². The Bertz CT molecular complexity index is 1490. The van der Waals surface area contributed by atoms with Crippen LogP contribution < -0.4 is 20.6 Å². The summed E-state index contributed by atoms with van der Waals surface area (Å²) >= 11 is 0. The Morgan fingerprint density at radius 3 is 2.29 bits per heavy atom. The fourth-order valence-electron chi connectivity index (χ4n) is 3.70. The lowest BCUT2D eigenvalue weighted by Gasteiger charge is -2.21. The number of para-hydroxylation sites is 1.